The van der Waals surface area contributed by atoms with E-state index in [2.05, 4.69) is 45.9 Å². The van der Waals surface area contributed by atoms with E-state index in [1.165, 1.54) is 11.5 Å². The van der Waals surface area contributed by atoms with Gasteiger partial charge in [0.2, 0.25) is 0 Å². The van der Waals surface area contributed by atoms with Crippen LogP contribution in [0, 0.1) is 11.3 Å². The van der Waals surface area contributed by atoms with E-state index in [0.717, 1.165) is 6.42 Å². The van der Waals surface area contributed by atoms with E-state index in [-0.39, 0.29) is 0 Å². The lowest BCUT2D eigenvalue weighted by atomic mass is 9.82. The molecule has 0 N–H and O–H groups in total. The molecule has 0 atom stereocenters. The monoisotopic (exact) mass is 149 g/mol. The average molecular weight is 149 g/mol. The maximum absolute atomic E-state index is 2.33. The number of rotatable bonds is 0. The molecule has 0 amide bonds. The van der Waals surface area contributed by atoms with Gasteiger partial charge in [-0.15, -0.1) is 0 Å². The lowest BCUT2D eigenvalue weighted by Gasteiger charge is -2.18. The Morgan fingerprint density at radius 1 is 1.36 bits per heavy atom. The lowest BCUT2D eigenvalue weighted by Crippen LogP contribution is -2.09. The predicted octanol–water partition coefficient (Wildman–Crippen LogP) is 3.51. The Morgan fingerprint density at radius 3 is 2.36 bits per heavy atom. The molecule has 0 unspecified atom stereocenters. The Hall–Kier alpha value is -0.650. The molecule has 1 aliphatic rings. The zero-order valence-corrected chi connectivity index (χ0v) is 7.94. The first-order valence-corrected chi connectivity index (χ1v) is 4.21. The summed E-state index contributed by atoms with van der Waals surface area (Å²) in [5.41, 5.74) is 1.78. The molecule has 1 aliphatic carbocycles. The van der Waals surface area contributed by atoms with Crippen LogP contribution in [0.1, 0.15) is 34.1 Å². The Bertz CT molecular complexity index is 189. The van der Waals surface area contributed by atoms with Crippen molar-refractivity contribution in [2.45, 2.75) is 34.1 Å². The molecule has 11 heavy (non-hydrogen) atoms. The molecule has 0 saturated heterocycles. The van der Waals surface area contributed by atoms with Crippen molar-refractivity contribution in [1.29, 1.82) is 0 Å². The summed E-state index contributed by atoms with van der Waals surface area (Å²) in [6.07, 6.45) is 7.91. The van der Waals surface area contributed by atoms with Crippen molar-refractivity contribution in [2.75, 3.05) is 0 Å². The van der Waals surface area contributed by atoms with Crippen LogP contribution in [-0.2, 0) is 0 Å². The fourth-order valence-electron chi connectivity index (χ4n) is 1.20. The summed E-state index contributed by atoms with van der Waals surface area (Å²) in [4.78, 5) is 0. The fraction of sp³-hybridized carbons (Fsp3) is 0.545. The quantitative estimate of drug-likeness (QED) is 0.462. The second-order valence-electron chi connectivity index (χ2n) is 4.29. The number of allylic oxidation sites excluding steroid dienone is 4. The van der Waals surface area contributed by atoms with Gasteiger partial charge in [-0.25, -0.2) is 0 Å². The molecular weight excluding hydrogens is 132 g/mol. The van der Waals surface area contributed by atoms with E-state index >= 15 is 0 Å². The van der Waals surface area contributed by atoms with Crippen LogP contribution in [-0.4, -0.2) is 0 Å². The van der Waals surface area contributed by atoms with Gasteiger partial charge in [-0.1, -0.05) is 20.8 Å². The maximum atomic E-state index is 2.33. The van der Waals surface area contributed by atoms with Crippen molar-refractivity contribution in [1.82, 2.24) is 0 Å². The van der Waals surface area contributed by atoms with E-state index < -0.39 is 0 Å². The minimum atomic E-state index is 0.317. The third-order valence-corrected chi connectivity index (χ3v) is 2.06. The summed E-state index contributed by atoms with van der Waals surface area (Å²) in [6, 6.07) is 0. The summed E-state index contributed by atoms with van der Waals surface area (Å²) in [7, 11) is 0. The van der Waals surface area contributed by atoms with Crippen LogP contribution in [0.3, 0.4) is 0 Å². The van der Waals surface area contributed by atoms with Crippen LogP contribution in [0.5, 0.6) is 0 Å². The minimum absolute atomic E-state index is 0.317. The first-order chi connectivity index (χ1) is 5.00. The van der Waals surface area contributed by atoms with Crippen LogP contribution in [0.2, 0.25) is 0 Å². The second-order valence-corrected chi connectivity index (χ2v) is 4.29. The third-order valence-electron chi connectivity index (χ3n) is 2.06. The van der Waals surface area contributed by atoms with Crippen molar-refractivity contribution in [2.24, 2.45) is 5.41 Å². The highest BCUT2D eigenvalue weighted by molar-refractivity contribution is 5.33. The summed E-state index contributed by atoms with van der Waals surface area (Å²) >= 11 is 0. The standard InChI is InChI=1S/C11H17/c1-9-5-7-10(8-6-9)11(2,3)4/h5,7-8H,6H2,1-4H3/q+1. The third kappa shape index (κ3) is 2.14. The molecule has 0 aliphatic heterocycles. The zero-order chi connectivity index (χ0) is 8.48. The van der Waals surface area contributed by atoms with Crippen molar-refractivity contribution in [3.05, 3.63) is 29.7 Å². The predicted molar refractivity (Wildman–Crippen MR) is 50.2 cm³/mol. The highest BCUT2D eigenvalue weighted by atomic mass is 14.2. The van der Waals surface area contributed by atoms with Crippen molar-refractivity contribution < 1.29 is 0 Å². The van der Waals surface area contributed by atoms with Gasteiger partial charge in [0.05, 0.1) is 24.5 Å². The van der Waals surface area contributed by atoms with Crippen molar-refractivity contribution in [3.63, 3.8) is 0 Å². The molecule has 1 rings (SSSR count). The van der Waals surface area contributed by atoms with Gasteiger partial charge in [-0.05, 0) is 6.08 Å². The SMILES string of the molecule is C[C+]1C=CC(C(C)(C)C)=CC1. The largest absolute Gasteiger partial charge is 0.0971 e. The molecule has 0 radical (unpaired) electrons. The summed E-state index contributed by atoms with van der Waals surface area (Å²) in [5.74, 6) is 1.46. The molecule has 0 heteroatoms. The summed E-state index contributed by atoms with van der Waals surface area (Å²) in [6.45, 7) is 8.93. The van der Waals surface area contributed by atoms with Crippen LogP contribution in [0.25, 0.3) is 0 Å². The number of hydrogen-bond donors (Lipinski definition) is 0. The summed E-state index contributed by atoms with van der Waals surface area (Å²) < 4.78 is 0. The van der Waals surface area contributed by atoms with E-state index in [4.69, 9.17) is 0 Å². The Balaban J connectivity index is 2.71. The zero-order valence-electron chi connectivity index (χ0n) is 7.94. The first kappa shape index (κ1) is 8.45. The molecule has 0 saturated carbocycles. The van der Waals surface area contributed by atoms with Gasteiger partial charge < -0.3 is 0 Å². The van der Waals surface area contributed by atoms with Crippen molar-refractivity contribution in [3.8, 4) is 0 Å². The van der Waals surface area contributed by atoms with Gasteiger partial charge in [-0.3, -0.25) is 0 Å². The van der Waals surface area contributed by atoms with Crippen LogP contribution < -0.4 is 0 Å². The lowest BCUT2D eigenvalue weighted by molar-refractivity contribution is 0.513. The molecular formula is C11H17+. The molecule has 0 aromatic heterocycles. The van der Waals surface area contributed by atoms with Crippen LogP contribution >= 0.6 is 0 Å². The summed E-state index contributed by atoms with van der Waals surface area (Å²) in [5, 5.41) is 0. The second kappa shape index (κ2) is 2.77. The minimum Gasteiger partial charge on any atom is -0.0543 e. The molecule has 0 aromatic carbocycles. The van der Waals surface area contributed by atoms with Crippen molar-refractivity contribution >= 4 is 0 Å². The molecule has 60 valence electrons. The molecule has 0 spiro atoms. The highest BCUT2D eigenvalue weighted by Crippen LogP contribution is 2.30. The Labute approximate surface area is 70.0 Å². The van der Waals surface area contributed by atoms with Gasteiger partial charge in [0.15, 0.2) is 0 Å². The smallest absolute Gasteiger partial charge is 0.0543 e. The molecule has 0 heterocycles. The van der Waals surface area contributed by atoms with E-state index in [9.17, 15) is 0 Å². The van der Waals surface area contributed by atoms with Gasteiger partial charge in [-0.2, -0.15) is 0 Å². The van der Waals surface area contributed by atoms with Crippen LogP contribution in [0.15, 0.2) is 23.8 Å². The first-order valence-electron chi connectivity index (χ1n) is 4.21. The van der Waals surface area contributed by atoms with Gasteiger partial charge >= 0.3 is 0 Å². The molecule has 0 fully saturated rings. The maximum Gasteiger partial charge on any atom is 0.0971 e. The molecule has 0 bridgehead atoms. The fourth-order valence-corrected chi connectivity index (χ4v) is 1.20. The molecule has 0 aromatic rings. The van der Waals surface area contributed by atoms with Gasteiger partial charge in [0, 0.05) is 17.9 Å². The van der Waals surface area contributed by atoms with Gasteiger partial charge in [0.25, 0.3) is 0 Å². The van der Waals surface area contributed by atoms with Crippen LogP contribution in [0.4, 0.5) is 0 Å². The normalized spacial score (nSPS) is 18.5. The average Bonchev–Trinajstić information content (AvgIpc) is 1.86. The van der Waals surface area contributed by atoms with Gasteiger partial charge in [0.1, 0.15) is 0 Å². The Morgan fingerprint density at radius 2 is 2.00 bits per heavy atom. The van der Waals surface area contributed by atoms with E-state index in [1.54, 1.807) is 0 Å². The molecule has 0 nitrogen and oxygen atoms in total. The van der Waals surface area contributed by atoms with E-state index in [0.29, 0.717) is 5.41 Å². The number of hydrogen-bond acceptors (Lipinski definition) is 0. The topological polar surface area (TPSA) is 0 Å². The Kier molecular flexibility index (Phi) is 2.12. The van der Waals surface area contributed by atoms with E-state index in [1.807, 2.05) is 0 Å². The highest BCUT2D eigenvalue weighted by Gasteiger charge is 2.22.